The van der Waals surface area contributed by atoms with Crippen LogP contribution in [0.1, 0.15) is 25.7 Å². The van der Waals surface area contributed by atoms with Crippen LogP contribution in [0.3, 0.4) is 0 Å². The van der Waals surface area contributed by atoms with Gasteiger partial charge in [-0.2, -0.15) is 0 Å². The predicted molar refractivity (Wildman–Crippen MR) is 44.6 cm³/mol. The first-order valence-corrected chi connectivity index (χ1v) is 3.85. The summed E-state index contributed by atoms with van der Waals surface area (Å²) >= 11 is 0. The summed E-state index contributed by atoms with van der Waals surface area (Å²) in [5.74, 6) is 0. The van der Waals surface area contributed by atoms with Gasteiger partial charge < -0.3 is 0 Å². The molecular weight excluding hydrogens is 120 g/mol. The molecule has 0 saturated heterocycles. The van der Waals surface area contributed by atoms with Gasteiger partial charge in [-0.15, -0.1) is 0 Å². The fourth-order valence-corrected chi connectivity index (χ4v) is 0.910. The molecule has 10 heavy (non-hydrogen) atoms. The molecule has 53 valence electrons. The van der Waals surface area contributed by atoms with Gasteiger partial charge in [-0.3, -0.25) is 0 Å². The third-order valence-corrected chi connectivity index (χ3v) is 1.47. The Labute approximate surface area is 62.9 Å². The molecule has 0 aromatic carbocycles. The lowest BCUT2D eigenvalue weighted by Crippen LogP contribution is -1.69. The van der Waals surface area contributed by atoms with E-state index in [0.29, 0.717) is 0 Å². The molecule has 0 N–H and O–H groups in total. The number of hydrogen-bond donors (Lipinski definition) is 0. The lowest BCUT2D eigenvalue weighted by Gasteiger charge is -1.89. The van der Waals surface area contributed by atoms with E-state index in [1.165, 1.54) is 12.8 Å². The molecule has 0 aromatic rings. The molecule has 0 aromatic heterocycles. The Bertz CT molecular complexity index is 131. The van der Waals surface area contributed by atoms with E-state index >= 15 is 0 Å². The lowest BCUT2D eigenvalue weighted by molar-refractivity contribution is 1.03. The zero-order chi connectivity index (χ0) is 7.07. The lowest BCUT2D eigenvalue weighted by atomic mass is 10.2. The quantitative estimate of drug-likeness (QED) is 0.445. The summed E-state index contributed by atoms with van der Waals surface area (Å²) in [5, 5.41) is 0. The standard InChI is InChI=1S/C10H13/c1-2-4-6-8-10-9-7-5-3-1/h1-2,5,8,10H,3-4,6,9H2/b2-1-,7-5?,10-8+. The molecule has 1 aliphatic rings. The van der Waals surface area contributed by atoms with Gasteiger partial charge in [0.1, 0.15) is 0 Å². The minimum atomic E-state index is 0.980. The largest absolute Gasteiger partial charge is 0.0879 e. The molecule has 0 amide bonds. The minimum absolute atomic E-state index is 0.980. The molecule has 0 heterocycles. The summed E-state index contributed by atoms with van der Waals surface area (Å²) in [5.41, 5.74) is 0. The Morgan fingerprint density at radius 1 is 0.900 bits per heavy atom. The van der Waals surface area contributed by atoms with Crippen molar-refractivity contribution >= 4 is 0 Å². The highest BCUT2D eigenvalue weighted by Crippen LogP contribution is 1.99. The van der Waals surface area contributed by atoms with E-state index < -0.39 is 0 Å². The number of allylic oxidation sites excluding steroid dienone is 6. The zero-order valence-electron chi connectivity index (χ0n) is 6.22. The van der Waals surface area contributed by atoms with Gasteiger partial charge in [0.15, 0.2) is 0 Å². The van der Waals surface area contributed by atoms with Crippen molar-refractivity contribution in [1.29, 1.82) is 0 Å². The maximum Gasteiger partial charge on any atom is -0.00978 e. The van der Waals surface area contributed by atoms with Crippen molar-refractivity contribution in [3.63, 3.8) is 0 Å². The van der Waals surface area contributed by atoms with Gasteiger partial charge in [0.2, 0.25) is 0 Å². The molecule has 0 heteroatoms. The van der Waals surface area contributed by atoms with E-state index in [0.717, 1.165) is 12.8 Å². The number of rotatable bonds is 0. The van der Waals surface area contributed by atoms with Crippen molar-refractivity contribution in [3.05, 3.63) is 36.5 Å². The van der Waals surface area contributed by atoms with Crippen molar-refractivity contribution < 1.29 is 0 Å². The van der Waals surface area contributed by atoms with E-state index in [1.807, 2.05) is 0 Å². The first-order chi connectivity index (χ1) is 5.00. The molecule has 0 bridgehead atoms. The van der Waals surface area contributed by atoms with E-state index in [2.05, 4.69) is 36.5 Å². The van der Waals surface area contributed by atoms with Gasteiger partial charge in [-0.25, -0.2) is 0 Å². The van der Waals surface area contributed by atoms with Crippen LogP contribution in [-0.2, 0) is 0 Å². The van der Waals surface area contributed by atoms with Crippen molar-refractivity contribution in [2.75, 3.05) is 0 Å². The first kappa shape index (κ1) is 7.33. The smallest absolute Gasteiger partial charge is 0.00978 e. The average Bonchev–Trinajstić information content (AvgIpc) is 2.01. The van der Waals surface area contributed by atoms with Gasteiger partial charge >= 0.3 is 0 Å². The Kier molecular flexibility index (Phi) is 3.69. The van der Waals surface area contributed by atoms with Crippen LogP contribution < -0.4 is 0 Å². The van der Waals surface area contributed by atoms with Gasteiger partial charge in [0, 0.05) is 0 Å². The molecule has 0 spiro atoms. The van der Waals surface area contributed by atoms with Crippen molar-refractivity contribution in [2.24, 2.45) is 0 Å². The predicted octanol–water partition coefficient (Wildman–Crippen LogP) is 3.03. The summed E-state index contributed by atoms with van der Waals surface area (Å²) in [7, 11) is 0. The SMILES string of the molecule is [C]1=C\C/C=C\CC/C=C/C/1. The van der Waals surface area contributed by atoms with E-state index in [1.54, 1.807) is 0 Å². The minimum Gasteiger partial charge on any atom is -0.0879 e. The highest BCUT2D eigenvalue weighted by Gasteiger charge is 1.79. The number of hydrogen-bond acceptors (Lipinski definition) is 0. The second kappa shape index (κ2) is 5.04. The average molecular weight is 133 g/mol. The summed E-state index contributed by atoms with van der Waals surface area (Å²) in [6.07, 6.45) is 18.5. The second-order valence-corrected chi connectivity index (χ2v) is 2.37. The fraction of sp³-hybridized carbons (Fsp3) is 0.400. The Morgan fingerprint density at radius 3 is 2.60 bits per heavy atom. The van der Waals surface area contributed by atoms with Crippen LogP contribution in [0.4, 0.5) is 0 Å². The Balaban J connectivity index is 2.38. The van der Waals surface area contributed by atoms with Crippen LogP contribution in [-0.4, -0.2) is 0 Å². The van der Waals surface area contributed by atoms with Crippen molar-refractivity contribution in [1.82, 2.24) is 0 Å². The van der Waals surface area contributed by atoms with Crippen LogP contribution >= 0.6 is 0 Å². The second-order valence-electron chi connectivity index (χ2n) is 2.37. The zero-order valence-corrected chi connectivity index (χ0v) is 6.22. The van der Waals surface area contributed by atoms with Crippen LogP contribution in [0.15, 0.2) is 30.4 Å². The van der Waals surface area contributed by atoms with Gasteiger partial charge in [0.25, 0.3) is 0 Å². The molecule has 1 aliphatic carbocycles. The van der Waals surface area contributed by atoms with Gasteiger partial charge in [-0.05, 0) is 31.8 Å². The molecule has 0 atom stereocenters. The summed E-state index contributed by atoms with van der Waals surface area (Å²) in [6, 6.07) is 0. The monoisotopic (exact) mass is 133 g/mol. The highest BCUT2D eigenvalue weighted by atomic mass is 13.9. The van der Waals surface area contributed by atoms with Crippen molar-refractivity contribution in [2.45, 2.75) is 25.7 Å². The molecular formula is C10H13. The summed E-state index contributed by atoms with van der Waals surface area (Å²) in [4.78, 5) is 0. The Hall–Kier alpha value is -0.780. The van der Waals surface area contributed by atoms with Crippen LogP contribution in [0.5, 0.6) is 0 Å². The first-order valence-electron chi connectivity index (χ1n) is 3.85. The molecule has 0 aliphatic heterocycles. The van der Waals surface area contributed by atoms with E-state index in [9.17, 15) is 0 Å². The molecule has 0 nitrogen and oxygen atoms in total. The molecule has 0 unspecified atom stereocenters. The molecule has 0 fully saturated rings. The Morgan fingerprint density at radius 2 is 1.70 bits per heavy atom. The summed E-state index contributed by atoms with van der Waals surface area (Å²) < 4.78 is 0. The fourth-order valence-electron chi connectivity index (χ4n) is 0.910. The van der Waals surface area contributed by atoms with Crippen LogP contribution in [0.25, 0.3) is 0 Å². The third kappa shape index (κ3) is 3.29. The highest BCUT2D eigenvalue weighted by molar-refractivity contribution is 4.96. The van der Waals surface area contributed by atoms with Gasteiger partial charge in [0.05, 0.1) is 0 Å². The van der Waals surface area contributed by atoms with Gasteiger partial charge in [-0.1, -0.05) is 30.4 Å². The maximum absolute atomic E-state index is 3.19. The van der Waals surface area contributed by atoms with Crippen LogP contribution in [0, 0.1) is 6.08 Å². The maximum atomic E-state index is 3.19. The van der Waals surface area contributed by atoms with E-state index in [-0.39, 0.29) is 0 Å². The normalized spacial score (nSPS) is 28.8. The van der Waals surface area contributed by atoms with Crippen LogP contribution in [0.2, 0.25) is 0 Å². The topological polar surface area (TPSA) is 0 Å². The van der Waals surface area contributed by atoms with Crippen molar-refractivity contribution in [3.8, 4) is 0 Å². The molecule has 0 saturated carbocycles. The molecule has 1 radical (unpaired) electrons. The van der Waals surface area contributed by atoms with E-state index in [4.69, 9.17) is 0 Å². The third-order valence-electron chi connectivity index (χ3n) is 1.47. The summed E-state index contributed by atoms with van der Waals surface area (Å²) in [6.45, 7) is 0. The molecule has 1 rings (SSSR count).